The van der Waals surface area contributed by atoms with Gasteiger partial charge in [-0.3, -0.25) is 9.59 Å². The first-order chi connectivity index (χ1) is 15.0. The first-order valence-electron chi connectivity index (χ1n) is 11.2. The second-order valence-electron chi connectivity index (χ2n) is 8.45. The molecular weight excluding hydrogens is 388 g/mol. The molecule has 2 aromatic carbocycles. The van der Waals surface area contributed by atoms with Crippen molar-refractivity contribution in [1.82, 2.24) is 10.2 Å². The molecule has 0 radical (unpaired) electrons. The predicted molar refractivity (Wildman–Crippen MR) is 125 cm³/mol. The molecule has 2 heterocycles. The average molecular weight is 419 g/mol. The molecule has 5 nitrogen and oxygen atoms in total. The van der Waals surface area contributed by atoms with E-state index in [0.717, 1.165) is 37.2 Å². The van der Waals surface area contributed by atoms with Crippen LogP contribution in [0.1, 0.15) is 47.2 Å². The lowest BCUT2D eigenvalue weighted by Gasteiger charge is -2.26. The van der Waals surface area contributed by atoms with E-state index in [4.69, 9.17) is 4.42 Å². The van der Waals surface area contributed by atoms with Crippen molar-refractivity contribution in [3.63, 3.8) is 0 Å². The molecule has 5 heteroatoms. The second-order valence-corrected chi connectivity index (χ2v) is 8.45. The molecule has 1 aromatic heterocycles. The lowest BCUT2D eigenvalue weighted by molar-refractivity contribution is 0.0951. The topological polar surface area (TPSA) is 62.6 Å². The standard InChI is InChI=1S/C26H30N2O3/c1-18-9-6-10-20(17-18)24-19(2)23(29)21-11-7-12-22(25(21)31-24)26(30)27-13-8-16-28-14-4-3-5-15-28/h6-7,9-12,17H,3-5,8,13-16H2,1-2H3,(H,27,30). The third kappa shape index (κ3) is 4.72. The molecule has 0 saturated carbocycles. The molecule has 1 aliphatic rings. The minimum atomic E-state index is -0.202. The number of carbonyl (C=O) groups excluding carboxylic acids is 1. The molecule has 0 spiro atoms. The van der Waals surface area contributed by atoms with Crippen molar-refractivity contribution in [3.8, 4) is 11.3 Å². The van der Waals surface area contributed by atoms with Crippen molar-refractivity contribution in [2.45, 2.75) is 39.5 Å². The zero-order chi connectivity index (χ0) is 21.8. The molecule has 1 amide bonds. The van der Waals surface area contributed by atoms with Gasteiger partial charge in [0.2, 0.25) is 0 Å². The van der Waals surface area contributed by atoms with Gasteiger partial charge in [-0.2, -0.15) is 0 Å². The molecule has 162 valence electrons. The number of hydrogen-bond acceptors (Lipinski definition) is 4. The first-order valence-corrected chi connectivity index (χ1v) is 11.2. The molecule has 1 fully saturated rings. The number of benzene rings is 2. The number of aryl methyl sites for hydroxylation is 1. The van der Waals surface area contributed by atoms with E-state index in [1.807, 2.05) is 31.2 Å². The third-order valence-corrected chi connectivity index (χ3v) is 6.06. The van der Waals surface area contributed by atoms with Gasteiger partial charge in [-0.05, 0) is 70.9 Å². The van der Waals surface area contributed by atoms with Crippen molar-refractivity contribution >= 4 is 16.9 Å². The van der Waals surface area contributed by atoms with E-state index in [0.29, 0.717) is 34.4 Å². The molecule has 0 bridgehead atoms. The van der Waals surface area contributed by atoms with Gasteiger partial charge in [0.1, 0.15) is 5.76 Å². The Bertz CT molecular complexity index is 1140. The van der Waals surface area contributed by atoms with Gasteiger partial charge < -0.3 is 14.6 Å². The molecule has 4 rings (SSSR count). The lowest BCUT2D eigenvalue weighted by Crippen LogP contribution is -2.33. The maximum absolute atomic E-state index is 13.0. The van der Waals surface area contributed by atoms with Crippen molar-refractivity contribution in [2.75, 3.05) is 26.2 Å². The van der Waals surface area contributed by atoms with Crippen LogP contribution in [0, 0.1) is 13.8 Å². The SMILES string of the molecule is Cc1cccc(-c2oc3c(C(=O)NCCCN4CCCCC4)cccc3c(=O)c2C)c1. The Morgan fingerprint density at radius 3 is 2.61 bits per heavy atom. The minimum Gasteiger partial charge on any atom is -0.455 e. The molecular formula is C26H30N2O3. The highest BCUT2D eigenvalue weighted by Crippen LogP contribution is 2.28. The third-order valence-electron chi connectivity index (χ3n) is 6.06. The van der Waals surface area contributed by atoms with Crippen LogP contribution in [0.3, 0.4) is 0 Å². The van der Waals surface area contributed by atoms with Gasteiger partial charge in [0.25, 0.3) is 5.91 Å². The Labute approximate surface area is 183 Å². The minimum absolute atomic E-state index is 0.0995. The quantitative estimate of drug-likeness (QED) is 0.590. The summed E-state index contributed by atoms with van der Waals surface area (Å²) < 4.78 is 6.20. The lowest BCUT2D eigenvalue weighted by atomic mass is 10.0. The number of carbonyl (C=O) groups is 1. The predicted octanol–water partition coefficient (Wildman–Crippen LogP) is 4.68. The molecule has 1 aliphatic heterocycles. The Hall–Kier alpha value is -2.92. The monoisotopic (exact) mass is 418 g/mol. The number of amides is 1. The molecule has 0 unspecified atom stereocenters. The van der Waals surface area contributed by atoms with Crippen molar-refractivity contribution in [3.05, 3.63) is 69.4 Å². The summed E-state index contributed by atoms with van der Waals surface area (Å²) in [6, 6.07) is 13.0. The summed E-state index contributed by atoms with van der Waals surface area (Å²) in [7, 11) is 0. The number of nitrogens with zero attached hydrogens (tertiary/aromatic N) is 1. The molecule has 0 aliphatic carbocycles. The van der Waals surface area contributed by atoms with Crippen molar-refractivity contribution < 1.29 is 9.21 Å². The Morgan fingerprint density at radius 2 is 1.84 bits per heavy atom. The van der Waals surface area contributed by atoms with E-state index in [-0.39, 0.29) is 11.3 Å². The van der Waals surface area contributed by atoms with Gasteiger partial charge in [-0.1, -0.05) is 36.2 Å². The summed E-state index contributed by atoms with van der Waals surface area (Å²) in [6.45, 7) is 7.69. The van der Waals surface area contributed by atoms with E-state index >= 15 is 0 Å². The van der Waals surface area contributed by atoms with Gasteiger partial charge in [-0.15, -0.1) is 0 Å². The zero-order valence-corrected chi connectivity index (χ0v) is 18.4. The van der Waals surface area contributed by atoms with Crippen molar-refractivity contribution in [2.24, 2.45) is 0 Å². The maximum atomic E-state index is 13.0. The fourth-order valence-corrected chi connectivity index (χ4v) is 4.33. The molecule has 3 aromatic rings. The van der Waals surface area contributed by atoms with Crippen LogP contribution in [-0.4, -0.2) is 37.0 Å². The number of likely N-dealkylation sites (tertiary alicyclic amines) is 1. The average Bonchev–Trinajstić information content (AvgIpc) is 2.79. The fraction of sp³-hybridized carbons (Fsp3) is 0.385. The van der Waals surface area contributed by atoms with Crippen LogP contribution >= 0.6 is 0 Å². The largest absolute Gasteiger partial charge is 0.455 e. The summed E-state index contributed by atoms with van der Waals surface area (Å²) in [5.41, 5.74) is 3.13. The van der Waals surface area contributed by atoms with Crippen LogP contribution in [0.2, 0.25) is 0 Å². The Kier molecular flexibility index (Phi) is 6.52. The Morgan fingerprint density at radius 1 is 1.06 bits per heavy atom. The van der Waals surface area contributed by atoms with Crippen LogP contribution in [0.4, 0.5) is 0 Å². The molecule has 1 saturated heterocycles. The van der Waals surface area contributed by atoms with Crippen LogP contribution in [-0.2, 0) is 0 Å². The van der Waals surface area contributed by atoms with Gasteiger partial charge in [0, 0.05) is 17.7 Å². The summed E-state index contributed by atoms with van der Waals surface area (Å²) in [4.78, 5) is 28.4. The smallest absolute Gasteiger partial charge is 0.255 e. The summed E-state index contributed by atoms with van der Waals surface area (Å²) in [5, 5.41) is 3.45. The van der Waals surface area contributed by atoms with E-state index in [9.17, 15) is 9.59 Å². The number of fused-ring (bicyclic) bond motifs is 1. The summed E-state index contributed by atoms with van der Waals surface area (Å²) in [6.07, 6.45) is 4.77. The fourth-order valence-electron chi connectivity index (χ4n) is 4.33. The number of rotatable bonds is 6. The Balaban J connectivity index is 1.57. The van der Waals surface area contributed by atoms with Crippen LogP contribution in [0.15, 0.2) is 51.7 Å². The van der Waals surface area contributed by atoms with Gasteiger partial charge in [-0.25, -0.2) is 0 Å². The highest BCUT2D eigenvalue weighted by Gasteiger charge is 2.18. The molecule has 31 heavy (non-hydrogen) atoms. The molecule has 1 N–H and O–H groups in total. The highest BCUT2D eigenvalue weighted by molar-refractivity contribution is 6.05. The van der Waals surface area contributed by atoms with Crippen molar-refractivity contribution in [1.29, 1.82) is 0 Å². The highest BCUT2D eigenvalue weighted by atomic mass is 16.3. The number of piperidine rings is 1. The number of hydrogen-bond donors (Lipinski definition) is 1. The van der Waals surface area contributed by atoms with E-state index in [2.05, 4.69) is 10.2 Å². The van der Waals surface area contributed by atoms with Gasteiger partial charge >= 0.3 is 0 Å². The van der Waals surface area contributed by atoms with E-state index in [1.165, 1.54) is 19.3 Å². The first kappa shape index (κ1) is 21.3. The second kappa shape index (κ2) is 9.48. The summed E-state index contributed by atoms with van der Waals surface area (Å²) >= 11 is 0. The van der Waals surface area contributed by atoms with Gasteiger partial charge in [0.15, 0.2) is 11.0 Å². The van der Waals surface area contributed by atoms with Crippen LogP contribution in [0.25, 0.3) is 22.3 Å². The number of nitrogens with one attached hydrogen (secondary N) is 1. The number of para-hydroxylation sites is 1. The van der Waals surface area contributed by atoms with E-state index in [1.54, 1.807) is 25.1 Å². The summed E-state index contributed by atoms with van der Waals surface area (Å²) in [5.74, 6) is 0.318. The normalized spacial score (nSPS) is 14.6. The van der Waals surface area contributed by atoms with Crippen LogP contribution in [0.5, 0.6) is 0 Å². The molecule has 0 atom stereocenters. The van der Waals surface area contributed by atoms with Crippen LogP contribution < -0.4 is 10.7 Å². The maximum Gasteiger partial charge on any atom is 0.255 e. The zero-order valence-electron chi connectivity index (χ0n) is 18.4. The van der Waals surface area contributed by atoms with E-state index < -0.39 is 0 Å². The van der Waals surface area contributed by atoms with Gasteiger partial charge in [0.05, 0.1) is 10.9 Å².